The number of hydrogen-bond donors (Lipinski definition) is 1. The van der Waals surface area contributed by atoms with Crippen LogP contribution < -0.4 is 5.32 Å². The van der Waals surface area contributed by atoms with E-state index in [1.54, 1.807) is 31.2 Å². The summed E-state index contributed by atoms with van der Waals surface area (Å²) in [4.78, 5) is 13.1. The molecule has 5 heteroatoms. The highest BCUT2D eigenvalue weighted by Crippen LogP contribution is 2.44. The van der Waals surface area contributed by atoms with E-state index in [9.17, 15) is 13.2 Å². The second-order valence-corrected chi connectivity index (χ2v) is 8.46. The number of amides is 1. The highest BCUT2D eigenvalue weighted by molar-refractivity contribution is 7.91. The molecule has 0 spiro atoms. The van der Waals surface area contributed by atoms with Crippen LogP contribution in [0.3, 0.4) is 0 Å². The molecule has 0 unspecified atom stereocenters. The molecule has 4 nitrogen and oxygen atoms in total. The monoisotopic (exact) mass is 343 g/mol. The van der Waals surface area contributed by atoms with Crippen molar-refractivity contribution in [2.24, 2.45) is 0 Å². The van der Waals surface area contributed by atoms with Gasteiger partial charge in [0.25, 0.3) is 0 Å². The molecule has 2 aromatic carbocycles. The molecule has 0 saturated heterocycles. The summed E-state index contributed by atoms with van der Waals surface area (Å²) in [6.45, 7) is 1.62. The van der Waals surface area contributed by atoms with Crippen LogP contribution in [-0.4, -0.2) is 20.1 Å². The molecule has 1 aliphatic rings. The predicted molar refractivity (Wildman–Crippen MR) is 94.8 cm³/mol. The highest BCUT2D eigenvalue weighted by atomic mass is 32.2. The number of benzene rings is 2. The number of anilines is 1. The molecule has 3 rings (SSSR count). The lowest BCUT2D eigenvalue weighted by Crippen LogP contribution is -2.45. The summed E-state index contributed by atoms with van der Waals surface area (Å²) in [5.41, 5.74) is 1.20. The Bertz CT molecular complexity index is 823. The van der Waals surface area contributed by atoms with Crippen molar-refractivity contribution >= 4 is 21.4 Å². The second-order valence-electron chi connectivity index (χ2n) is 6.18. The Morgan fingerprint density at radius 1 is 1.04 bits per heavy atom. The standard InChI is InChI=1S/C19H21NO3S/c1-2-24(22,23)17-11-9-16(10-12-17)20-18(21)19(13-6-14-19)15-7-4-3-5-8-15/h3-5,7-12H,2,6,13-14H2,1H3,(H,20,21). The fourth-order valence-corrected chi connectivity index (χ4v) is 3.98. The van der Waals surface area contributed by atoms with E-state index in [1.807, 2.05) is 30.3 Å². The van der Waals surface area contributed by atoms with Crippen LogP contribution in [0.25, 0.3) is 0 Å². The molecule has 1 saturated carbocycles. The molecule has 1 amide bonds. The maximum Gasteiger partial charge on any atom is 0.235 e. The third-order valence-electron chi connectivity index (χ3n) is 4.82. The molecule has 2 aromatic rings. The van der Waals surface area contributed by atoms with E-state index >= 15 is 0 Å². The van der Waals surface area contributed by atoms with Gasteiger partial charge in [-0.15, -0.1) is 0 Å². The third kappa shape index (κ3) is 2.96. The Morgan fingerprint density at radius 3 is 2.17 bits per heavy atom. The average Bonchev–Trinajstić information content (AvgIpc) is 2.55. The van der Waals surface area contributed by atoms with Gasteiger partial charge in [-0.05, 0) is 42.7 Å². The Kier molecular flexibility index (Phi) is 4.45. The van der Waals surface area contributed by atoms with Gasteiger partial charge in [0.1, 0.15) is 0 Å². The number of sulfone groups is 1. The largest absolute Gasteiger partial charge is 0.325 e. The highest BCUT2D eigenvalue weighted by Gasteiger charge is 2.45. The molecule has 1 N–H and O–H groups in total. The van der Waals surface area contributed by atoms with Crippen LogP contribution in [0.4, 0.5) is 5.69 Å². The van der Waals surface area contributed by atoms with Gasteiger partial charge in [-0.3, -0.25) is 4.79 Å². The maximum atomic E-state index is 12.8. The van der Waals surface area contributed by atoms with E-state index in [0.29, 0.717) is 5.69 Å². The normalized spacial score (nSPS) is 16.2. The van der Waals surface area contributed by atoms with Crippen molar-refractivity contribution in [3.8, 4) is 0 Å². The summed E-state index contributed by atoms with van der Waals surface area (Å²) < 4.78 is 23.7. The molecule has 1 fully saturated rings. The Balaban J connectivity index is 1.80. The quantitative estimate of drug-likeness (QED) is 0.903. The fourth-order valence-electron chi connectivity index (χ4n) is 3.10. The molecule has 0 bridgehead atoms. The van der Waals surface area contributed by atoms with Crippen LogP contribution in [-0.2, 0) is 20.0 Å². The molecular weight excluding hydrogens is 322 g/mol. The zero-order valence-electron chi connectivity index (χ0n) is 13.7. The zero-order chi connectivity index (χ0) is 17.2. The molecule has 24 heavy (non-hydrogen) atoms. The summed E-state index contributed by atoms with van der Waals surface area (Å²) in [7, 11) is -3.22. The molecule has 1 aliphatic carbocycles. The van der Waals surface area contributed by atoms with Gasteiger partial charge >= 0.3 is 0 Å². The van der Waals surface area contributed by atoms with Crippen molar-refractivity contribution in [1.82, 2.24) is 0 Å². The molecule has 126 valence electrons. The van der Waals surface area contributed by atoms with Gasteiger partial charge in [-0.25, -0.2) is 8.42 Å². The lowest BCUT2D eigenvalue weighted by Gasteiger charge is -2.40. The first-order chi connectivity index (χ1) is 11.5. The molecular formula is C19H21NO3S. The van der Waals surface area contributed by atoms with Gasteiger partial charge < -0.3 is 5.32 Å². The van der Waals surface area contributed by atoms with Crippen LogP contribution >= 0.6 is 0 Å². The Morgan fingerprint density at radius 2 is 1.67 bits per heavy atom. The number of carbonyl (C=O) groups is 1. The summed E-state index contributed by atoms with van der Waals surface area (Å²) in [5.74, 6) is 0.0431. The zero-order valence-corrected chi connectivity index (χ0v) is 14.5. The van der Waals surface area contributed by atoms with Gasteiger partial charge in [-0.1, -0.05) is 43.7 Å². The van der Waals surface area contributed by atoms with Crippen molar-refractivity contribution in [2.45, 2.75) is 36.5 Å². The number of nitrogens with one attached hydrogen (secondary N) is 1. The summed E-state index contributed by atoms with van der Waals surface area (Å²) in [6, 6.07) is 16.2. The lowest BCUT2D eigenvalue weighted by molar-refractivity contribution is -0.124. The number of rotatable bonds is 5. The van der Waals surface area contributed by atoms with Crippen molar-refractivity contribution in [3.05, 3.63) is 60.2 Å². The molecule has 0 aliphatic heterocycles. The lowest BCUT2D eigenvalue weighted by atomic mass is 9.64. The van der Waals surface area contributed by atoms with E-state index in [4.69, 9.17) is 0 Å². The minimum Gasteiger partial charge on any atom is -0.325 e. The fraction of sp³-hybridized carbons (Fsp3) is 0.316. The first-order valence-electron chi connectivity index (χ1n) is 8.18. The average molecular weight is 343 g/mol. The van der Waals surface area contributed by atoms with Crippen LogP contribution in [0.5, 0.6) is 0 Å². The van der Waals surface area contributed by atoms with E-state index in [1.165, 1.54) is 0 Å². The van der Waals surface area contributed by atoms with E-state index in [-0.39, 0.29) is 16.6 Å². The molecule has 0 aromatic heterocycles. The summed E-state index contributed by atoms with van der Waals surface area (Å²) in [5, 5.41) is 2.95. The van der Waals surface area contributed by atoms with E-state index in [0.717, 1.165) is 24.8 Å². The van der Waals surface area contributed by atoms with Crippen LogP contribution in [0.15, 0.2) is 59.5 Å². The van der Waals surface area contributed by atoms with Gasteiger partial charge in [0.15, 0.2) is 9.84 Å². The van der Waals surface area contributed by atoms with E-state index in [2.05, 4.69) is 5.32 Å². The van der Waals surface area contributed by atoms with Gasteiger partial charge in [0, 0.05) is 5.69 Å². The summed E-state index contributed by atoms with van der Waals surface area (Å²) >= 11 is 0. The molecule has 0 atom stereocenters. The maximum absolute atomic E-state index is 12.8. The van der Waals surface area contributed by atoms with Crippen LogP contribution in [0.1, 0.15) is 31.7 Å². The topological polar surface area (TPSA) is 63.2 Å². The Hall–Kier alpha value is -2.14. The molecule has 0 radical (unpaired) electrons. The minimum atomic E-state index is -3.22. The Labute approximate surface area is 142 Å². The number of hydrogen-bond acceptors (Lipinski definition) is 3. The second kappa shape index (κ2) is 6.40. The van der Waals surface area contributed by atoms with Crippen molar-refractivity contribution < 1.29 is 13.2 Å². The van der Waals surface area contributed by atoms with Gasteiger partial charge in [-0.2, -0.15) is 0 Å². The number of carbonyl (C=O) groups excluding carboxylic acids is 1. The smallest absolute Gasteiger partial charge is 0.235 e. The SMILES string of the molecule is CCS(=O)(=O)c1ccc(NC(=O)C2(c3ccccc3)CCC2)cc1. The summed E-state index contributed by atoms with van der Waals surface area (Å²) in [6.07, 6.45) is 2.71. The first-order valence-corrected chi connectivity index (χ1v) is 9.83. The van der Waals surface area contributed by atoms with Crippen molar-refractivity contribution in [2.75, 3.05) is 11.1 Å². The van der Waals surface area contributed by atoms with Gasteiger partial charge in [0.2, 0.25) is 5.91 Å². The van der Waals surface area contributed by atoms with Crippen molar-refractivity contribution in [3.63, 3.8) is 0 Å². The van der Waals surface area contributed by atoms with Crippen LogP contribution in [0, 0.1) is 0 Å². The van der Waals surface area contributed by atoms with Crippen molar-refractivity contribution in [1.29, 1.82) is 0 Å². The third-order valence-corrected chi connectivity index (χ3v) is 6.57. The van der Waals surface area contributed by atoms with Crippen LogP contribution in [0.2, 0.25) is 0 Å². The first kappa shape index (κ1) is 16.7. The van der Waals surface area contributed by atoms with E-state index < -0.39 is 15.3 Å². The molecule has 0 heterocycles. The minimum absolute atomic E-state index is 0.0222. The predicted octanol–water partition coefficient (Wildman–Crippen LogP) is 3.54. The van der Waals surface area contributed by atoms with Gasteiger partial charge in [0.05, 0.1) is 16.1 Å².